The molecule has 1 aromatic carbocycles. The first kappa shape index (κ1) is 16.8. The largest absolute Gasteiger partial charge is 0.443 e. The summed E-state index contributed by atoms with van der Waals surface area (Å²) in [5.41, 5.74) is 5.86. The van der Waals surface area contributed by atoms with Gasteiger partial charge in [0.1, 0.15) is 19.0 Å². The molecule has 112 valence electrons. The lowest BCUT2D eigenvalue weighted by atomic mass is 9.95. The third-order valence-corrected chi connectivity index (χ3v) is 3.13. The number of amides is 1. The van der Waals surface area contributed by atoms with Crippen LogP contribution < -0.4 is 5.73 Å². The van der Waals surface area contributed by atoms with Gasteiger partial charge in [-0.3, -0.25) is 0 Å². The van der Waals surface area contributed by atoms with E-state index >= 15 is 0 Å². The third-order valence-electron chi connectivity index (χ3n) is 2.78. The first-order valence-corrected chi connectivity index (χ1v) is 6.66. The van der Waals surface area contributed by atoms with Crippen molar-refractivity contribution < 1.29 is 19.0 Å². The monoisotopic (exact) mass is 301 g/mol. The third kappa shape index (κ3) is 4.67. The number of halogens is 1. The molecule has 0 fully saturated rings. The summed E-state index contributed by atoms with van der Waals surface area (Å²) in [5.74, 6) is 0.000582. The zero-order chi connectivity index (χ0) is 15.1. The highest BCUT2D eigenvalue weighted by Crippen LogP contribution is 2.32. The highest BCUT2D eigenvalue weighted by atomic mass is 35.5. The van der Waals surface area contributed by atoms with Crippen LogP contribution >= 0.6 is 11.6 Å². The second kappa shape index (κ2) is 8.09. The van der Waals surface area contributed by atoms with Crippen molar-refractivity contribution in [1.82, 2.24) is 0 Å². The van der Waals surface area contributed by atoms with E-state index in [-0.39, 0.29) is 12.7 Å². The van der Waals surface area contributed by atoms with Gasteiger partial charge in [0.25, 0.3) is 0 Å². The number of hydrogen-bond acceptors (Lipinski definition) is 4. The van der Waals surface area contributed by atoms with Gasteiger partial charge in [-0.2, -0.15) is 0 Å². The van der Waals surface area contributed by atoms with Crippen LogP contribution in [0.1, 0.15) is 25.5 Å². The van der Waals surface area contributed by atoms with Gasteiger partial charge in [0, 0.05) is 17.7 Å². The minimum atomic E-state index is -0.846. The first-order valence-electron chi connectivity index (χ1n) is 6.28. The Morgan fingerprint density at radius 3 is 2.50 bits per heavy atom. The van der Waals surface area contributed by atoms with Crippen molar-refractivity contribution in [2.24, 2.45) is 11.7 Å². The summed E-state index contributed by atoms with van der Waals surface area (Å²) in [6, 6.07) is 7.23. The standard InChI is InChI=1S/C14H20ClNO4/c1-9(2)12(20-14(16)17)13(19-8-18-3)10-6-4-5-7-11(10)15/h4-7,9,12-13H,8H2,1-3H3,(H2,16,17)/t12-,13-/m0/s1. The van der Waals surface area contributed by atoms with Crippen molar-refractivity contribution in [2.45, 2.75) is 26.1 Å². The molecule has 20 heavy (non-hydrogen) atoms. The molecule has 0 aliphatic carbocycles. The topological polar surface area (TPSA) is 70.8 Å². The van der Waals surface area contributed by atoms with Crippen molar-refractivity contribution >= 4 is 17.7 Å². The molecule has 0 radical (unpaired) electrons. The van der Waals surface area contributed by atoms with E-state index in [0.717, 1.165) is 5.56 Å². The smallest absolute Gasteiger partial charge is 0.404 e. The highest BCUT2D eigenvalue weighted by Gasteiger charge is 2.31. The van der Waals surface area contributed by atoms with Crippen LogP contribution in [0.2, 0.25) is 5.02 Å². The second-order valence-corrected chi connectivity index (χ2v) is 5.07. The predicted molar refractivity (Wildman–Crippen MR) is 76.4 cm³/mol. The first-order chi connectivity index (χ1) is 9.47. The molecule has 2 atom stereocenters. The van der Waals surface area contributed by atoms with Gasteiger partial charge in [-0.25, -0.2) is 4.79 Å². The molecule has 0 saturated carbocycles. The van der Waals surface area contributed by atoms with E-state index in [1.807, 2.05) is 32.0 Å². The van der Waals surface area contributed by atoms with E-state index in [1.165, 1.54) is 7.11 Å². The Kier molecular flexibility index (Phi) is 6.78. The zero-order valence-electron chi connectivity index (χ0n) is 11.8. The van der Waals surface area contributed by atoms with Crippen molar-refractivity contribution in [3.8, 4) is 0 Å². The molecule has 0 aromatic heterocycles. The van der Waals surface area contributed by atoms with Gasteiger partial charge in [-0.15, -0.1) is 0 Å². The number of hydrogen-bond donors (Lipinski definition) is 1. The molecular formula is C14H20ClNO4. The van der Waals surface area contributed by atoms with Gasteiger partial charge in [0.15, 0.2) is 0 Å². The Morgan fingerprint density at radius 2 is 2.00 bits per heavy atom. The molecule has 5 nitrogen and oxygen atoms in total. The van der Waals surface area contributed by atoms with E-state index < -0.39 is 18.3 Å². The normalized spacial score (nSPS) is 14.1. The van der Waals surface area contributed by atoms with Crippen LogP contribution in [0, 0.1) is 5.92 Å². The molecule has 1 rings (SSSR count). The van der Waals surface area contributed by atoms with E-state index in [2.05, 4.69) is 0 Å². The Hall–Kier alpha value is -1.30. The van der Waals surface area contributed by atoms with Crippen LogP contribution in [0.15, 0.2) is 24.3 Å². The lowest BCUT2D eigenvalue weighted by Crippen LogP contribution is -2.34. The van der Waals surface area contributed by atoms with E-state index in [4.69, 9.17) is 31.5 Å². The van der Waals surface area contributed by atoms with Crippen LogP contribution in [0.25, 0.3) is 0 Å². The van der Waals surface area contributed by atoms with Gasteiger partial charge in [-0.05, 0) is 12.0 Å². The summed E-state index contributed by atoms with van der Waals surface area (Å²) in [4.78, 5) is 11.1. The summed E-state index contributed by atoms with van der Waals surface area (Å²) in [6.07, 6.45) is -1.94. The summed E-state index contributed by atoms with van der Waals surface area (Å²) in [7, 11) is 1.52. The molecule has 1 amide bonds. The number of nitrogens with two attached hydrogens (primary N) is 1. The number of carbonyl (C=O) groups excluding carboxylic acids is 1. The number of rotatable bonds is 7. The summed E-state index contributed by atoms with van der Waals surface area (Å²) in [5, 5.41) is 0.535. The minimum Gasteiger partial charge on any atom is -0.443 e. The molecule has 1 aromatic rings. The second-order valence-electron chi connectivity index (χ2n) is 4.66. The van der Waals surface area contributed by atoms with Crippen LogP contribution in [0.5, 0.6) is 0 Å². The molecule has 0 heterocycles. The molecule has 6 heteroatoms. The number of methoxy groups -OCH3 is 1. The maximum absolute atomic E-state index is 11.1. The quantitative estimate of drug-likeness (QED) is 0.785. The SMILES string of the molecule is COCO[C@@H](c1ccccc1Cl)[C@@H](OC(N)=O)C(C)C. The fraction of sp³-hybridized carbons (Fsp3) is 0.500. The average molecular weight is 302 g/mol. The Bertz CT molecular complexity index is 439. The minimum absolute atomic E-state index is 0.000582. The summed E-state index contributed by atoms with van der Waals surface area (Å²) < 4.78 is 15.8. The zero-order valence-corrected chi connectivity index (χ0v) is 12.6. The Balaban J connectivity index is 3.08. The lowest BCUT2D eigenvalue weighted by molar-refractivity contribution is -0.124. The van der Waals surface area contributed by atoms with E-state index in [1.54, 1.807) is 6.07 Å². The van der Waals surface area contributed by atoms with Gasteiger partial charge in [0.2, 0.25) is 0 Å². The molecule has 0 unspecified atom stereocenters. The maximum atomic E-state index is 11.1. The van der Waals surface area contributed by atoms with Crippen LogP contribution in [-0.2, 0) is 14.2 Å². The molecule has 0 saturated heterocycles. The van der Waals surface area contributed by atoms with Crippen LogP contribution in [0.4, 0.5) is 4.79 Å². The Morgan fingerprint density at radius 1 is 1.35 bits per heavy atom. The van der Waals surface area contributed by atoms with Gasteiger partial charge < -0.3 is 19.9 Å². The molecule has 0 spiro atoms. The molecule has 0 aliphatic heterocycles. The van der Waals surface area contributed by atoms with Gasteiger partial charge in [0.05, 0.1) is 0 Å². The van der Waals surface area contributed by atoms with Crippen molar-refractivity contribution in [2.75, 3.05) is 13.9 Å². The van der Waals surface area contributed by atoms with E-state index in [0.29, 0.717) is 5.02 Å². The number of benzene rings is 1. The lowest BCUT2D eigenvalue weighted by Gasteiger charge is -2.30. The number of ether oxygens (including phenoxy) is 3. The fourth-order valence-electron chi connectivity index (χ4n) is 1.89. The molecule has 0 bridgehead atoms. The summed E-state index contributed by atoms with van der Waals surface area (Å²) in [6.45, 7) is 3.88. The molecule has 0 aliphatic rings. The van der Waals surface area contributed by atoms with E-state index in [9.17, 15) is 4.79 Å². The predicted octanol–water partition coefficient (Wildman–Crippen LogP) is 3.12. The van der Waals surface area contributed by atoms with Crippen molar-refractivity contribution in [3.63, 3.8) is 0 Å². The highest BCUT2D eigenvalue weighted by molar-refractivity contribution is 6.31. The average Bonchev–Trinajstić information content (AvgIpc) is 2.39. The van der Waals surface area contributed by atoms with Crippen molar-refractivity contribution in [3.05, 3.63) is 34.9 Å². The Labute approximate surface area is 123 Å². The maximum Gasteiger partial charge on any atom is 0.404 e. The van der Waals surface area contributed by atoms with Crippen LogP contribution in [0.3, 0.4) is 0 Å². The molecular weight excluding hydrogens is 282 g/mol. The van der Waals surface area contributed by atoms with Gasteiger partial charge >= 0.3 is 6.09 Å². The summed E-state index contributed by atoms with van der Waals surface area (Å²) >= 11 is 6.19. The fourth-order valence-corrected chi connectivity index (χ4v) is 2.13. The van der Waals surface area contributed by atoms with Crippen LogP contribution in [-0.4, -0.2) is 26.1 Å². The molecule has 2 N–H and O–H groups in total. The number of carbonyl (C=O) groups is 1. The number of primary amides is 1. The van der Waals surface area contributed by atoms with Gasteiger partial charge in [-0.1, -0.05) is 43.6 Å². The van der Waals surface area contributed by atoms with Crippen molar-refractivity contribution in [1.29, 1.82) is 0 Å².